The maximum absolute atomic E-state index is 13.3. The predicted octanol–water partition coefficient (Wildman–Crippen LogP) is 1.66. The van der Waals surface area contributed by atoms with Crippen molar-refractivity contribution in [3.05, 3.63) is 58.0 Å². The van der Waals surface area contributed by atoms with Gasteiger partial charge in [0.1, 0.15) is 24.9 Å². The van der Waals surface area contributed by atoms with Crippen molar-refractivity contribution in [3.8, 4) is 0 Å². The van der Waals surface area contributed by atoms with Crippen LogP contribution in [0.1, 0.15) is 28.2 Å². The molecule has 1 aliphatic rings. The summed E-state index contributed by atoms with van der Waals surface area (Å²) in [5.41, 5.74) is 0.351. The zero-order chi connectivity index (χ0) is 16.9. The summed E-state index contributed by atoms with van der Waals surface area (Å²) in [6.07, 6.45) is 0. The molecule has 0 bridgehead atoms. The van der Waals surface area contributed by atoms with Crippen molar-refractivity contribution in [3.63, 3.8) is 0 Å². The fourth-order valence-electron chi connectivity index (χ4n) is 3.22. The van der Waals surface area contributed by atoms with Crippen LogP contribution in [0.4, 0.5) is 4.39 Å². The van der Waals surface area contributed by atoms with Gasteiger partial charge in [0.05, 0.1) is 24.1 Å². The molecule has 0 spiro atoms. The Labute approximate surface area is 145 Å². The Morgan fingerprint density at radius 3 is 2.75 bits per heavy atom. The lowest BCUT2D eigenvalue weighted by atomic mass is 10.0. The first-order valence-corrected chi connectivity index (χ1v) is 9.05. The number of hydrogen-bond donors (Lipinski definition) is 2. The highest BCUT2D eigenvalue weighted by atomic mass is 32.1. The number of halogens is 1. The topological polar surface area (TPSA) is 42.8 Å². The summed E-state index contributed by atoms with van der Waals surface area (Å²) in [5.74, 6) is -0.639. The third kappa shape index (κ3) is 4.01. The molecule has 2 aromatic rings. The lowest BCUT2D eigenvalue weighted by molar-refractivity contribution is -0.939. The van der Waals surface area contributed by atoms with Crippen LogP contribution in [0.2, 0.25) is 0 Å². The van der Waals surface area contributed by atoms with E-state index in [0.29, 0.717) is 5.56 Å². The fraction of sp³-hybridized carbons (Fsp3) is 0.389. The normalized spacial score (nSPS) is 18.1. The van der Waals surface area contributed by atoms with Gasteiger partial charge >= 0.3 is 0 Å². The smallest absolute Gasteiger partial charge is 0.251 e. The number of benzene rings is 1. The molecule has 2 unspecified atom stereocenters. The number of carbonyl (C=O) groups is 1. The number of ether oxygens (including phenoxy) is 1. The van der Waals surface area contributed by atoms with Crippen LogP contribution in [0.25, 0.3) is 0 Å². The van der Waals surface area contributed by atoms with Gasteiger partial charge in [-0.1, -0.05) is 12.1 Å². The summed E-state index contributed by atoms with van der Waals surface area (Å²) in [4.78, 5) is 15.1. The Morgan fingerprint density at radius 1 is 1.29 bits per heavy atom. The first-order valence-electron chi connectivity index (χ1n) is 8.17. The van der Waals surface area contributed by atoms with E-state index in [-0.39, 0.29) is 18.0 Å². The highest BCUT2D eigenvalue weighted by molar-refractivity contribution is 7.10. The summed E-state index contributed by atoms with van der Waals surface area (Å²) in [5, 5.41) is 5.11. The number of rotatable bonds is 5. The van der Waals surface area contributed by atoms with Crippen molar-refractivity contribution in [2.45, 2.75) is 19.0 Å². The second-order valence-electron chi connectivity index (χ2n) is 6.04. The van der Waals surface area contributed by atoms with Crippen molar-refractivity contribution >= 4 is 17.2 Å². The van der Waals surface area contributed by atoms with Crippen LogP contribution in [0.15, 0.2) is 41.8 Å². The molecule has 2 N–H and O–H groups in total. The molecule has 128 valence electrons. The maximum Gasteiger partial charge on any atom is 0.251 e. The molecular formula is C18H22FN2O2S+. The first-order chi connectivity index (χ1) is 11.6. The van der Waals surface area contributed by atoms with E-state index in [1.807, 2.05) is 13.0 Å². The largest absolute Gasteiger partial charge is 0.370 e. The van der Waals surface area contributed by atoms with Gasteiger partial charge in [0.2, 0.25) is 0 Å². The van der Waals surface area contributed by atoms with Crippen LogP contribution in [-0.2, 0) is 4.74 Å². The number of amides is 1. The van der Waals surface area contributed by atoms with E-state index in [0.717, 1.165) is 26.3 Å². The van der Waals surface area contributed by atoms with E-state index >= 15 is 0 Å². The van der Waals surface area contributed by atoms with Gasteiger partial charge in [-0.25, -0.2) is 4.39 Å². The van der Waals surface area contributed by atoms with Crippen molar-refractivity contribution in [2.75, 3.05) is 26.3 Å². The van der Waals surface area contributed by atoms with Crippen molar-refractivity contribution in [1.82, 2.24) is 5.32 Å². The van der Waals surface area contributed by atoms with Crippen LogP contribution < -0.4 is 10.2 Å². The number of morpholine rings is 1. The van der Waals surface area contributed by atoms with Gasteiger partial charge in [-0.2, -0.15) is 0 Å². The van der Waals surface area contributed by atoms with Gasteiger partial charge in [-0.3, -0.25) is 4.79 Å². The maximum atomic E-state index is 13.3. The molecule has 1 saturated heterocycles. The Morgan fingerprint density at radius 2 is 2.08 bits per heavy atom. The molecule has 4 nitrogen and oxygen atoms in total. The molecule has 0 aliphatic carbocycles. The molecule has 1 aromatic carbocycles. The van der Waals surface area contributed by atoms with Crippen LogP contribution in [-0.4, -0.2) is 38.3 Å². The van der Waals surface area contributed by atoms with Crippen LogP contribution in [0.5, 0.6) is 0 Å². The minimum Gasteiger partial charge on any atom is -0.370 e. The van der Waals surface area contributed by atoms with Gasteiger partial charge in [-0.15, -0.1) is 11.3 Å². The third-order valence-electron chi connectivity index (χ3n) is 4.37. The molecule has 0 saturated carbocycles. The molecule has 2 heterocycles. The standard InChI is InChI=1S/C18H21FN2O2S/c1-13(20-18(22)14-4-2-5-15(19)12-14)17(16-6-3-11-24-16)21-7-9-23-10-8-21/h2-6,11-13,17H,7-10H2,1H3,(H,20,22)/p+1. The predicted molar refractivity (Wildman–Crippen MR) is 91.9 cm³/mol. The zero-order valence-corrected chi connectivity index (χ0v) is 14.4. The number of thiophene rings is 1. The lowest BCUT2D eigenvalue weighted by Gasteiger charge is -2.34. The highest BCUT2D eigenvalue weighted by Crippen LogP contribution is 2.20. The van der Waals surface area contributed by atoms with Gasteiger partial charge < -0.3 is 15.0 Å². The van der Waals surface area contributed by atoms with Gasteiger partial charge in [0.15, 0.2) is 0 Å². The van der Waals surface area contributed by atoms with E-state index in [2.05, 4.69) is 16.8 Å². The van der Waals surface area contributed by atoms with E-state index < -0.39 is 5.82 Å². The Balaban J connectivity index is 1.75. The fourth-order valence-corrected chi connectivity index (χ4v) is 4.21. The monoisotopic (exact) mass is 349 g/mol. The van der Waals surface area contributed by atoms with E-state index in [1.165, 1.54) is 21.9 Å². The number of carbonyl (C=O) groups excluding carboxylic acids is 1. The van der Waals surface area contributed by atoms with E-state index in [4.69, 9.17) is 4.74 Å². The quantitative estimate of drug-likeness (QED) is 0.862. The van der Waals surface area contributed by atoms with Crippen LogP contribution in [0, 0.1) is 5.82 Å². The summed E-state index contributed by atoms with van der Waals surface area (Å²) >= 11 is 1.71. The van der Waals surface area contributed by atoms with Crippen molar-refractivity contribution in [2.24, 2.45) is 0 Å². The van der Waals surface area contributed by atoms with Gasteiger partial charge in [-0.05, 0) is 36.6 Å². The Kier molecular flexibility index (Phi) is 5.60. The van der Waals surface area contributed by atoms with Crippen molar-refractivity contribution < 1.29 is 18.8 Å². The van der Waals surface area contributed by atoms with Gasteiger partial charge in [0, 0.05) is 5.56 Å². The molecule has 1 fully saturated rings. The Hall–Kier alpha value is -1.76. The molecule has 2 atom stereocenters. The molecule has 1 aliphatic heterocycles. The lowest BCUT2D eigenvalue weighted by Crippen LogP contribution is -3.15. The average Bonchev–Trinajstić information content (AvgIpc) is 3.10. The molecular weight excluding hydrogens is 327 g/mol. The summed E-state index contributed by atoms with van der Waals surface area (Å²) < 4.78 is 18.8. The SMILES string of the molecule is CC(NC(=O)c1cccc(F)c1)C(c1cccs1)[NH+]1CCOCC1. The van der Waals surface area contributed by atoms with E-state index in [1.54, 1.807) is 23.5 Å². The average molecular weight is 349 g/mol. The summed E-state index contributed by atoms with van der Waals surface area (Å²) in [7, 11) is 0. The highest BCUT2D eigenvalue weighted by Gasteiger charge is 2.33. The Bertz CT molecular complexity index is 671. The molecule has 1 amide bonds. The van der Waals surface area contributed by atoms with Crippen molar-refractivity contribution in [1.29, 1.82) is 0 Å². The second kappa shape index (κ2) is 7.88. The third-order valence-corrected chi connectivity index (χ3v) is 5.33. The van der Waals surface area contributed by atoms with Crippen LogP contribution >= 0.6 is 11.3 Å². The van der Waals surface area contributed by atoms with Crippen LogP contribution in [0.3, 0.4) is 0 Å². The number of hydrogen-bond acceptors (Lipinski definition) is 3. The minimum absolute atomic E-state index is 0.0625. The van der Waals surface area contributed by atoms with E-state index in [9.17, 15) is 9.18 Å². The number of nitrogens with one attached hydrogen (secondary N) is 2. The summed E-state index contributed by atoms with van der Waals surface area (Å²) in [6, 6.07) is 10.1. The zero-order valence-electron chi connectivity index (χ0n) is 13.6. The summed E-state index contributed by atoms with van der Waals surface area (Å²) in [6.45, 7) is 5.33. The van der Waals surface area contributed by atoms with Gasteiger partial charge in [0.25, 0.3) is 5.91 Å². The molecule has 3 rings (SSSR count). The second-order valence-corrected chi connectivity index (χ2v) is 7.02. The number of quaternary nitrogens is 1. The minimum atomic E-state index is -0.399. The molecule has 1 aromatic heterocycles. The molecule has 24 heavy (non-hydrogen) atoms. The first kappa shape index (κ1) is 17.1. The molecule has 6 heteroatoms. The molecule has 0 radical (unpaired) electrons.